The largest absolute Gasteiger partial charge is 0.461 e. The van der Waals surface area contributed by atoms with Crippen molar-refractivity contribution < 1.29 is 19.4 Å². The predicted octanol–water partition coefficient (Wildman–Crippen LogP) is -0.0531. The summed E-state index contributed by atoms with van der Waals surface area (Å²) in [4.78, 5) is 10.6. The van der Waals surface area contributed by atoms with Crippen molar-refractivity contribution in [3.8, 4) is 0 Å². The first-order valence-corrected chi connectivity index (χ1v) is 3.61. The van der Waals surface area contributed by atoms with E-state index in [1.54, 1.807) is 0 Å². The van der Waals surface area contributed by atoms with Crippen LogP contribution in [0.3, 0.4) is 0 Å². The van der Waals surface area contributed by atoms with Gasteiger partial charge in [-0.15, -0.1) is 0 Å². The van der Waals surface area contributed by atoms with Crippen molar-refractivity contribution >= 4 is 5.97 Å². The Morgan fingerprint density at radius 1 is 1.55 bits per heavy atom. The summed E-state index contributed by atoms with van der Waals surface area (Å²) in [5, 5.41) is 8.66. The Hall–Kier alpha value is -0.610. The molecule has 1 N–H and O–H groups in total. The van der Waals surface area contributed by atoms with Crippen molar-refractivity contribution in [2.75, 3.05) is 19.8 Å². The molecule has 11 heavy (non-hydrogen) atoms. The van der Waals surface area contributed by atoms with Gasteiger partial charge >= 0.3 is 5.97 Å². The second-order valence-electron chi connectivity index (χ2n) is 2.04. The molecule has 0 radical (unpaired) electrons. The zero-order valence-electron chi connectivity index (χ0n) is 6.87. The number of carbonyl (C=O) groups excluding carboxylic acids is 1. The average Bonchev–Trinajstić information content (AvgIpc) is 1.97. The molecule has 4 nitrogen and oxygen atoms in total. The maximum absolute atomic E-state index is 10.6. The molecule has 0 rings (SSSR count). The maximum Gasteiger partial charge on any atom is 0.334 e. The van der Waals surface area contributed by atoms with Gasteiger partial charge in [0.25, 0.3) is 0 Å². The molecule has 0 fully saturated rings. The van der Waals surface area contributed by atoms with Gasteiger partial charge in [-0.25, -0.2) is 4.79 Å². The fraction of sp³-hybridized carbons (Fsp3) is 0.857. The summed E-state index contributed by atoms with van der Waals surface area (Å²) in [6.07, 6.45) is -1.04. The number of hydrogen-bond donors (Lipinski definition) is 1. The molecule has 0 aliphatic rings. The predicted molar refractivity (Wildman–Crippen MR) is 39.1 cm³/mol. The van der Waals surface area contributed by atoms with Crippen molar-refractivity contribution in [3.63, 3.8) is 0 Å². The lowest BCUT2D eigenvalue weighted by Gasteiger charge is -2.05. The molecule has 66 valence electrons. The van der Waals surface area contributed by atoms with E-state index >= 15 is 0 Å². The van der Waals surface area contributed by atoms with Crippen LogP contribution in [-0.2, 0) is 14.3 Å². The molecule has 0 saturated carbocycles. The van der Waals surface area contributed by atoms with Crippen LogP contribution in [0.5, 0.6) is 0 Å². The summed E-state index contributed by atoms with van der Waals surface area (Å²) in [6.45, 7) is 4.41. The van der Waals surface area contributed by atoms with E-state index in [1.165, 1.54) is 6.92 Å². The zero-order chi connectivity index (χ0) is 8.69. The molecule has 0 aliphatic carbocycles. The van der Waals surface area contributed by atoms with E-state index < -0.39 is 12.1 Å². The van der Waals surface area contributed by atoms with Crippen LogP contribution in [0, 0.1) is 0 Å². The van der Waals surface area contributed by atoms with Gasteiger partial charge in [-0.2, -0.15) is 0 Å². The van der Waals surface area contributed by atoms with E-state index in [4.69, 9.17) is 9.84 Å². The fourth-order valence-corrected chi connectivity index (χ4v) is 0.466. The van der Waals surface area contributed by atoms with Gasteiger partial charge in [0.2, 0.25) is 0 Å². The number of rotatable bonds is 5. The zero-order valence-corrected chi connectivity index (χ0v) is 6.87. The molecule has 0 bridgehead atoms. The van der Waals surface area contributed by atoms with E-state index in [9.17, 15) is 4.79 Å². The third-order valence-electron chi connectivity index (χ3n) is 1.02. The van der Waals surface area contributed by atoms with Gasteiger partial charge in [0.15, 0.2) is 0 Å². The summed E-state index contributed by atoms with van der Waals surface area (Å²) >= 11 is 0. The van der Waals surface area contributed by atoms with Gasteiger partial charge in [0.05, 0.1) is 6.61 Å². The maximum atomic E-state index is 10.6. The highest BCUT2D eigenvalue weighted by Gasteiger charge is 2.08. The Bertz CT molecular complexity index is 111. The molecule has 0 aliphatic heterocycles. The van der Waals surface area contributed by atoms with Crippen LogP contribution in [0.4, 0.5) is 0 Å². The van der Waals surface area contributed by atoms with Crippen LogP contribution in [0.15, 0.2) is 0 Å². The summed E-state index contributed by atoms with van der Waals surface area (Å²) in [5.74, 6) is -0.607. The summed E-state index contributed by atoms with van der Waals surface area (Å²) in [6, 6.07) is 0. The summed E-state index contributed by atoms with van der Waals surface area (Å²) in [7, 11) is 0. The van der Waals surface area contributed by atoms with Crippen LogP contribution >= 0.6 is 0 Å². The molecule has 0 saturated heterocycles. The topological polar surface area (TPSA) is 55.8 Å². The fourth-order valence-electron chi connectivity index (χ4n) is 0.466. The highest BCUT2D eigenvalue weighted by Crippen LogP contribution is 1.86. The van der Waals surface area contributed by atoms with Gasteiger partial charge < -0.3 is 14.6 Å². The summed E-state index contributed by atoms with van der Waals surface area (Å²) < 4.78 is 9.50. The van der Waals surface area contributed by atoms with Gasteiger partial charge in [0.1, 0.15) is 12.7 Å². The highest BCUT2D eigenvalue weighted by molar-refractivity contribution is 5.73. The van der Waals surface area contributed by atoms with Crippen molar-refractivity contribution in [2.24, 2.45) is 0 Å². The normalized spacial score (nSPS) is 12.6. The Labute approximate surface area is 66.1 Å². The van der Waals surface area contributed by atoms with Gasteiger partial charge in [-0.1, -0.05) is 0 Å². The lowest BCUT2D eigenvalue weighted by atomic mass is 10.4. The molecule has 0 aromatic rings. The van der Waals surface area contributed by atoms with E-state index in [2.05, 4.69) is 4.74 Å². The number of hydrogen-bond acceptors (Lipinski definition) is 4. The Kier molecular flexibility index (Phi) is 5.78. The van der Waals surface area contributed by atoms with E-state index in [0.29, 0.717) is 13.2 Å². The third kappa shape index (κ3) is 5.82. The number of esters is 1. The molecule has 0 heterocycles. The minimum absolute atomic E-state index is 0.206. The molecule has 4 heteroatoms. The Morgan fingerprint density at radius 2 is 2.18 bits per heavy atom. The van der Waals surface area contributed by atoms with Crippen LogP contribution in [0.1, 0.15) is 13.8 Å². The molecule has 0 amide bonds. The number of aliphatic hydroxyl groups excluding tert-OH is 1. The molecule has 0 unspecified atom stereocenters. The van der Waals surface area contributed by atoms with Crippen LogP contribution < -0.4 is 0 Å². The molecular weight excluding hydrogens is 148 g/mol. The van der Waals surface area contributed by atoms with E-state index in [0.717, 1.165) is 0 Å². The first kappa shape index (κ1) is 10.4. The molecule has 1 atom stereocenters. The van der Waals surface area contributed by atoms with E-state index in [-0.39, 0.29) is 6.61 Å². The van der Waals surface area contributed by atoms with Crippen LogP contribution in [0.25, 0.3) is 0 Å². The van der Waals surface area contributed by atoms with Gasteiger partial charge in [-0.05, 0) is 13.8 Å². The first-order chi connectivity index (χ1) is 5.18. The quantitative estimate of drug-likeness (QED) is 0.454. The number of aliphatic hydroxyl groups is 1. The van der Waals surface area contributed by atoms with Gasteiger partial charge in [-0.3, -0.25) is 0 Å². The van der Waals surface area contributed by atoms with E-state index in [1.807, 2.05) is 6.92 Å². The van der Waals surface area contributed by atoms with Crippen molar-refractivity contribution in [3.05, 3.63) is 0 Å². The highest BCUT2D eigenvalue weighted by atomic mass is 16.6. The lowest BCUT2D eigenvalue weighted by molar-refractivity contribution is -0.153. The molecule has 0 aromatic heterocycles. The Balaban J connectivity index is 3.18. The molecule has 0 aromatic carbocycles. The minimum atomic E-state index is -1.04. The van der Waals surface area contributed by atoms with Crippen molar-refractivity contribution in [1.82, 2.24) is 0 Å². The number of carbonyl (C=O) groups is 1. The van der Waals surface area contributed by atoms with Gasteiger partial charge in [0, 0.05) is 6.61 Å². The third-order valence-corrected chi connectivity index (χ3v) is 1.02. The van der Waals surface area contributed by atoms with Crippen molar-refractivity contribution in [1.29, 1.82) is 0 Å². The SMILES string of the molecule is CCOCCOC(=O)[C@@H](C)O. The Morgan fingerprint density at radius 3 is 2.64 bits per heavy atom. The standard InChI is InChI=1S/C7H14O4/c1-3-10-4-5-11-7(9)6(2)8/h6,8H,3-5H2,1-2H3/t6-/m1/s1. The second kappa shape index (κ2) is 6.12. The molecular formula is C7H14O4. The average molecular weight is 162 g/mol. The lowest BCUT2D eigenvalue weighted by Crippen LogP contribution is -2.21. The monoisotopic (exact) mass is 162 g/mol. The smallest absolute Gasteiger partial charge is 0.334 e. The minimum Gasteiger partial charge on any atom is -0.461 e. The van der Waals surface area contributed by atoms with Crippen molar-refractivity contribution in [2.45, 2.75) is 20.0 Å². The molecule has 0 spiro atoms. The van der Waals surface area contributed by atoms with Crippen LogP contribution in [0.2, 0.25) is 0 Å². The second-order valence-corrected chi connectivity index (χ2v) is 2.04. The first-order valence-electron chi connectivity index (χ1n) is 3.61. The van der Waals surface area contributed by atoms with Crippen LogP contribution in [-0.4, -0.2) is 37.0 Å². The number of ether oxygens (including phenoxy) is 2. The summed E-state index contributed by atoms with van der Waals surface area (Å²) in [5.41, 5.74) is 0.